The molecule has 0 spiro atoms. The van der Waals surface area contributed by atoms with Crippen LogP contribution in [0.5, 0.6) is 0 Å². The molecule has 150 valence electrons. The Kier molecular flexibility index (Phi) is 4.90. The highest BCUT2D eigenvalue weighted by Crippen LogP contribution is 2.40. The number of hydrogen-bond donors (Lipinski definition) is 1. The van der Waals surface area contributed by atoms with Crippen LogP contribution < -0.4 is 5.32 Å². The molecule has 7 heteroatoms. The first-order valence-electron chi connectivity index (χ1n) is 9.90. The van der Waals surface area contributed by atoms with Gasteiger partial charge in [-0.05, 0) is 37.3 Å². The van der Waals surface area contributed by atoms with E-state index in [-0.39, 0.29) is 17.4 Å². The summed E-state index contributed by atoms with van der Waals surface area (Å²) in [6.07, 6.45) is 7.58. The summed E-state index contributed by atoms with van der Waals surface area (Å²) in [5, 5.41) is 7.13. The third kappa shape index (κ3) is 3.77. The average Bonchev–Trinajstić information content (AvgIpc) is 3.08. The number of amides is 1. The minimum Gasteiger partial charge on any atom is -0.360 e. The maximum atomic E-state index is 13.0. The Balaban J connectivity index is 1.67. The summed E-state index contributed by atoms with van der Waals surface area (Å²) in [7, 11) is 0. The van der Waals surface area contributed by atoms with Crippen molar-refractivity contribution in [2.45, 2.75) is 53.0 Å². The Bertz CT molecular complexity index is 1040. The Morgan fingerprint density at radius 1 is 1.31 bits per heavy atom. The van der Waals surface area contributed by atoms with E-state index < -0.39 is 0 Å². The molecule has 1 aliphatic rings. The molecule has 0 aromatic carbocycles. The maximum Gasteiger partial charge on any atom is 0.257 e. The standard InChI is InChI=1S/C22H25N5O2/c1-5-18-19(13(2)27-29-18)21(28)26-17-11-22(3,4)10-16-15(17)12-24-20(25-16)14-6-8-23-9-7-14/h6-9,12,17H,5,10-11H2,1-4H3,(H,26,28)/t17-/m1/s1. The van der Waals surface area contributed by atoms with Gasteiger partial charge >= 0.3 is 0 Å². The number of carbonyl (C=O) groups is 1. The van der Waals surface area contributed by atoms with E-state index in [4.69, 9.17) is 9.51 Å². The second-order valence-electron chi connectivity index (χ2n) is 8.32. The third-order valence-corrected chi connectivity index (χ3v) is 5.40. The zero-order valence-corrected chi connectivity index (χ0v) is 17.2. The smallest absolute Gasteiger partial charge is 0.257 e. The van der Waals surface area contributed by atoms with E-state index in [1.807, 2.05) is 25.3 Å². The normalized spacial score (nSPS) is 17.6. The fourth-order valence-electron chi connectivity index (χ4n) is 4.00. The molecule has 1 N–H and O–H groups in total. The second-order valence-corrected chi connectivity index (χ2v) is 8.32. The van der Waals surface area contributed by atoms with Crippen LogP contribution in [0.25, 0.3) is 11.4 Å². The van der Waals surface area contributed by atoms with Crippen molar-refractivity contribution in [3.05, 3.63) is 59.0 Å². The van der Waals surface area contributed by atoms with E-state index in [2.05, 4.69) is 34.3 Å². The number of fused-ring (bicyclic) bond motifs is 1. The van der Waals surface area contributed by atoms with Crippen LogP contribution in [0, 0.1) is 12.3 Å². The van der Waals surface area contributed by atoms with Gasteiger partial charge in [0.15, 0.2) is 5.82 Å². The molecule has 0 fully saturated rings. The van der Waals surface area contributed by atoms with Crippen LogP contribution in [-0.4, -0.2) is 26.0 Å². The van der Waals surface area contributed by atoms with Gasteiger partial charge in [-0.2, -0.15) is 0 Å². The monoisotopic (exact) mass is 391 g/mol. The zero-order chi connectivity index (χ0) is 20.6. The van der Waals surface area contributed by atoms with E-state index in [1.165, 1.54) is 0 Å². The molecule has 0 aliphatic heterocycles. The van der Waals surface area contributed by atoms with E-state index in [1.54, 1.807) is 19.3 Å². The number of pyridine rings is 1. The van der Waals surface area contributed by atoms with Crippen molar-refractivity contribution in [3.63, 3.8) is 0 Å². The Morgan fingerprint density at radius 3 is 2.79 bits per heavy atom. The Morgan fingerprint density at radius 2 is 2.07 bits per heavy atom. The molecule has 7 nitrogen and oxygen atoms in total. The SMILES string of the molecule is CCc1onc(C)c1C(=O)N[C@@H]1CC(C)(C)Cc2nc(-c3ccncc3)ncc21. The molecule has 29 heavy (non-hydrogen) atoms. The number of hydrogen-bond acceptors (Lipinski definition) is 6. The van der Waals surface area contributed by atoms with Gasteiger partial charge in [0.1, 0.15) is 11.3 Å². The first-order chi connectivity index (χ1) is 13.9. The summed E-state index contributed by atoms with van der Waals surface area (Å²) < 4.78 is 5.29. The Labute approximate surface area is 170 Å². The van der Waals surface area contributed by atoms with Crippen LogP contribution >= 0.6 is 0 Å². The molecule has 0 bridgehead atoms. The summed E-state index contributed by atoms with van der Waals surface area (Å²) in [6.45, 7) is 8.14. The van der Waals surface area contributed by atoms with Crippen LogP contribution in [0.1, 0.15) is 66.3 Å². The molecule has 3 aromatic heterocycles. The lowest BCUT2D eigenvalue weighted by molar-refractivity contribution is 0.0916. The minimum absolute atomic E-state index is 0.00604. The van der Waals surface area contributed by atoms with Gasteiger partial charge in [0.05, 0.1) is 17.4 Å². The van der Waals surface area contributed by atoms with Crippen LogP contribution in [0.15, 0.2) is 35.2 Å². The summed E-state index contributed by atoms with van der Waals surface area (Å²) in [6, 6.07) is 3.64. The fourth-order valence-corrected chi connectivity index (χ4v) is 4.00. The van der Waals surface area contributed by atoms with Gasteiger partial charge in [-0.25, -0.2) is 9.97 Å². The summed E-state index contributed by atoms with van der Waals surface area (Å²) >= 11 is 0. The molecule has 3 heterocycles. The van der Waals surface area contributed by atoms with Crippen molar-refractivity contribution >= 4 is 5.91 Å². The van der Waals surface area contributed by atoms with Gasteiger partial charge in [-0.1, -0.05) is 25.9 Å². The number of aromatic nitrogens is 4. The largest absolute Gasteiger partial charge is 0.360 e. The minimum atomic E-state index is -0.160. The molecule has 4 rings (SSSR count). The number of rotatable bonds is 4. The quantitative estimate of drug-likeness (QED) is 0.726. The average molecular weight is 391 g/mol. The third-order valence-electron chi connectivity index (χ3n) is 5.40. The highest BCUT2D eigenvalue weighted by atomic mass is 16.5. The first-order valence-corrected chi connectivity index (χ1v) is 9.90. The van der Waals surface area contributed by atoms with Crippen molar-refractivity contribution < 1.29 is 9.32 Å². The molecule has 1 aliphatic carbocycles. The molecule has 1 atom stereocenters. The van der Waals surface area contributed by atoms with E-state index in [9.17, 15) is 4.79 Å². The highest BCUT2D eigenvalue weighted by Gasteiger charge is 2.35. The molecule has 0 saturated carbocycles. The summed E-state index contributed by atoms with van der Waals surface area (Å²) in [5.74, 6) is 1.13. The van der Waals surface area contributed by atoms with Gasteiger partial charge in [0.2, 0.25) is 0 Å². The van der Waals surface area contributed by atoms with Gasteiger partial charge in [0, 0.05) is 36.1 Å². The highest BCUT2D eigenvalue weighted by molar-refractivity contribution is 5.96. The fraction of sp³-hybridized carbons (Fsp3) is 0.409. The molecule has 3 aromatic rings. The Hall–Kier alpha value is -3.09. The van der Waals surface area contributed by atoms with Crippen molar-refractivity contribution in [3.8, 4) is 11.4 Å². The topological polar surface area (TPSA) is 93.8 Å². The predicted octanol–water partition coefficient (Wildman–Crippen LogP) is 3.84. The molecule has 0 radical (unpaired) electrons. The number of carbonyl (C=O) groups excluding carboxylic acids is 1. The number of aryl methyl sites for hydroxylation is 2. The van der Waals surface area contributed by atoms with Crippen LogP contribution in [0.4, 0.5) is 0 Å². The molecule has 1 amide bonds. The molecule has 0 saturated heterocycles. The van der Waals surface area contributed by atoms with E-state index in [0.29, 0.717) is 29.3 Å². The van der Waals surface area contributed by atoms with E-state index >= 15 is 0 Å². The van der Waals surface area contributed by atoms with Gasteiger partial charge in [0.25, 0.3) is 5.91 Å². The van der Waals surface area contributed by atoms with E-state index in [0.717, 1.165) is 29.7 Å². The maximum absolute atomic E-state index is 13.0. The summed E-state index contributed by atoms with van der Waals surface area (Å²) in [5.41, 5.74) is 4.03. The second kappa shape index (κ2) is 7.39. The molecular weight excluding hydrogens is 366 g/mol. The summed E-state index contributed by atoms with van der Waals surface area (Å²) in [4.78, 5) is 26.5. The van der Waals surface area contributed by atoms with Crippen LogP contribution in [0.3, 0.4) is 0 Å². The van der Waals surface area contributed by atoms with Crippen molar-refractivity contribution in [2.24, 2.45) is 5.41 Å². The lowest BCUT2D eigenvalue weighted by Gasteiger charge is -2.36. The first kappa shape index (κ1) is 19.2. The van der Waals surface area contributed by atoms with Gasteiger partial charge in [-0.15, -0.1) is 0 Å². The van der Waals surface area contributed by atoms with Crippen molar-refractivity contribution in [1.82, 2.24) is 25.4 Å². The predicted molar refractivity (Wildman–Crippen MR) is 108 cm³/mol. The van der Waals surface area contributed by atoms with Gasteiger partial charge < -0.3 is 9.84 Å². The lowest BCUT2D eigenvalue weighted by atomic mass is 9.74. The van der Waals surface area contributed by atoms with Crippen molar-refractivity contribution in [2.75, 3.05) is 0 Å². The number of nitrogens with one attached hydrogen (secondary N) is 1. The molecular formula is C22H25N5O2. The lowest BCUT2D eigenvalue weighted by Crippen LogP contribution is -2.37. The van der Waals surface area contributed by atoms with Crippen LogP contribution in [0.2, 0.25) is 0 Å². The van der Waals surface area contributed by atoms with Crippen LogP contribution in [-0.2, 0) is 12.8 Å². The zero-order valence-electron chi connectivity index (χ0n) is 17.2. The molecule has 0 unspecified atom stereocenters. The van der Waals surface area contributed by atoms with Crippen molar-refractivity contribution in [1.29, 1.82) is 0 Å². The van der Waals surface area contributed by atoms with Gasteiger partial charge in [-0.3, -0.25) is 9.78 Å². The number of nitrogens with zero attached hydrogens (tertiary/aromatic N) is 4.